The number of nitrogens with one attached hydrogen (secondary N) is 2. The number of hydrogen-bond acceptors (Lipinski definition) is 4. The van der Waals surface area contributed by atoms with Gasteiger partial charge in [-0.25, -0.2) is 9.59 Å². The Kier molecular flexibility index (Phi) is 7.98. The maximum Gasteiger partial charge on any atom is 0.411 e. The van der Waals surface area contributed by atoms with E-state index < -0.39 is 18.3 Å². The van der Waals surface area contributed by atoms with Gasteiger partial charge in [0, 0.05) is 5.69 Å². The zero-order valence-corrected chi connectivity index (χ0v) is 14.7. The number of rotatable bonds is 6. The summed E-state index contributed by atoms with van der Waals surface area (Å²) in [6.07, 6.45) is -1.73. The highest BCUT2D eigenvalue weighted by Crippen LogP contribution is 2.25. The number of anilines is 1. The molecule has 1 aromatic carbocycles. The van der Waals surface area contributed by atoms with Crippen LogP contribution in [-0.2, 0) is 9.47 Å². The standard InChI is InChI=1S/C15H20Cl2N2O4/c1-9(2)8-22-14(20)18-7-10(3)23-15(21)19-11-4-5-12(16)13(17)6-11/h4-6,9-10H,7-8H2,1-3H3,(H,18,20)(H,19,21). The van der Waals surface area contributed by atoms with Gasteiger partial charge in [0.2, 0.25) is 0 Å². The van der Waals surface area contributed by atoms with Crippen molar-refractivity contribution in [3.63, 3.8) is 0 Å². The molecule has 0 saturated heterocycles. The van der Waals surface area contributed by atoms with Crippen molar-refractivity contribution in [1.82, 2.24) is 5.32 Å². The molecule has 2 amide bonds. The number of hydrogen-bond donors (Lipinski definition) is 2. The number of halogens is 2. The van der Waals surface area contributed by atoms with Crippen LogP contribution in [-0.4, -0.2) is 31.4 Å². The van der Waals surface area contributed by atoms with Gasteiger partial charge in [-0.3, -0.25) is 5.32 Å². The summed E-state index contributed by atoms with van der Waals surface area (Å²) in [7, 11) is 0. The van der Waals surface area contributed by atoms with Crippen LogP contribution in [0.25, 0.3) is 0 Å². The summed E-state index contributed by atoms with van der Waals surface area (Å²) in [6, 6.07) is 4.67. The first-order chi connectivity index (χ1) is 10.8. The number of carbonyl (C=O) groups excluding carboxylic acids is 2. The maximum atomic E-state index is 11.7. The average molecular weight is 363 g/mol. The van der Waals surface area contributed by atoms with Crippen LogP contribution in [0.2, 0.25) is 10.0 Å². The molecule has 0 radical (unpaired) electrons. The molecular weight excluding hydrogens is 343 g/mol. The van der Waals surface area contributed by atoms with E-state index in [-0.39, 0.29) is 12.5 Å². The minimum Gasteiger partial charge on any atom is -0.449 e. The SMILES string of the molecule is CC(C)COC(=O)NCC(C)OC(=O)Nc1ccc(Cl)c(Cl)c1. The van der Waals surface area contributed by atoms with Crippen molar-refractivity contribution in [2.75, 3.05) is 18.5 Å². The van der Waals surface area contributed by atoms with Crippen LogP contribution in [0, 0.1) is 5.92 Å². The van der Waals surface area contributed by atoms with Crippen molar-refractivity contribution in [2.45, 2.75) is 26.9 Å². The van der Waals surface area contributed by atoms with E-state index >= 15 is 0 Å². The molecule has 128 valence electrons. The van der Waals surface area contributed by atoms with E-state index in [9.17, 15) is 9.59 Å². The molecule has 23 heavy (non-hydrogen) atoms. The molecule has 6 nitrogen and oxygen atoms in total. The second-order valence-electron chi connectivity index (χ2n) is 5.34. The Bertz CT molecular complexity index is 552. The Morgan fingerprint density at radius 1 is 1.13 bits per heavy atom. The van der Waals surface area contributed by atoms with E-state index in [1.165, 1.54) is 6.07 Å². The summed E-state index contributed by atoms with van der Waals surface area (Å²) < 4.78 is 10.0. The lowest BCUT2D eigenvalue weighted by Gasteiger charge is -2.15. The lowest BCUT2D eigenvalue weighted by Crippen LogP contribution is -2.35. The highest BCUT2D eigenvalue weighted by atomic mass is 35.5. The summed E-state index contributed by atoms with van der Waals surface area (Å²) in [5.41, 5.74) is 0.459. The Morgan fingerprint density at radius 2 is 1.83 bits per heavy atom. The molecule has 0 aliphatic carbocycles. The van der Waals surface area contributed by atoms with Crippen molar-refractivity contribution in [3.05, 3.63) is 28.2 Å². The second-order valence-corrected chi connectivity index (χ2v) is 6.16. The van der Waals surface area contributed by atoms with Gasteiger partial charge in [0.1, 0.15) is 6.10 Å². The van der Waals surface area contributed by atoms with E-state index in [4.69, 9.17) is 32.7 Å². The molecule has 0 heterocycles. The van der Waals surface area contributed by atoms with Gasteiger partial charge >= 0.3 is 12.2 Å². The van der Waals surface area contributed by atoms with Gasteiger partial charge < -0.3 is 14.8 Å². The summed E-state index contributed by atoms with van der Waals surface area (Å²) in [4.78, 5) is 23.1. The number of amides is 2. The van der Waals surface area contributed by atoms with E-state index in [0.29, 0.717) is 22.3 Å². The lowest BCUT2D eigenvalue weighted by molar-refractivity contribution is 0.107. The molecule has 8 heteroatoms. The zero-order valence-electron chi connectivity index (χ0n) is 13.2. The largest absolute Gasteiger partial charge is 0.449 e. The third-order valence-electron chi connectivity index (χ3n) is 2.56. The minimum absolute atomic E-state index is 0.145. The molecular formula is C15H20Cl2N2O4. The van der Waals surface area contributed by atoms with Gasteiger partial charge in [-0.05, 0) is 31.0 Å². The van der Waals surface area contributed by atoms with Crippen molar-refractivity contribution < 1.29 is 19.1 Å². The quantitative estimate of drug-likeness (QED) is 0.790. The molecule has 0 spiro atoms. The van der Waals surface area contributed by atoms with Crippen LogP contribution in [0.5, 0.6) is 0 Å². The zero-order chi connectivity index (χ0) is 17.4. The maximum absolute atomic E-state index is 11.7. The van der Waals surface area contributed by atoms with Crippen molar-refractivity contribution in [1.29, 1.82) is 0 Å². The van der Waals surface area contributed by atoms with Crippen LogP contribution in [0.3, 0.4) is 0 Å². The molecule has 0 aromatic heterocycles. The molecule has 1 atom stereocenters. The van der Waals surface area contributed by atoms with Crippen LogP contribution in [0.15, 0.2) is 18.2 Å². The van der Waals surface area contributed by atoms with Crippen molar-refractivity contribution in [3.8, 4) is 0 Å². The van der Waals surface area contributed by atoms with Gasteiger partial charge in [0.05, 0.1) is 23.2 Å². The van der Waals surface area contributed by atoms with E-state index in [1.807, 2.05) is 13.8 Å². The summed E-state index contributed by atoms with van der Waals surface area (Å²) >= 11 is 11.6. The Balaban J connectivity index is 2.33. The fraction of sp³-hybridized carbons (Fsp3) is 0.467. The molecule has 0 bridgehead atoms. The van der Waals surface area contributed by atoms with Crippen molar-refractivity contribution >= 4 is 41.1 Å². The Labute approximate surface area is 145 Å². The molecule has 1 aromatic rings. The first-order valence-electron chi connectivity index (χ1n) is 7.11. The van der Waals surface area contributed by atoms with E-state index in [0.717, 1.165) is 0 Å². The molecule has 0 saturated carbocycles. The lowest BCUT2D eigenvalue weighted by atomic mass is 10.2. The third kappa shape index (κ3) is 7.95. The van der Waals surface area contributed by atoms with Crippen LogP contribution in [0.1, 0.15) is 20.8 Å². The van der Waals surface area contributed by atoms with E-state index in [1.54, 1.807) is 19.1 Å². The summed E-state index contributed by atoms with van der Waals surface area (Å²) in [5, 5.41) is 5.76. The first-order valence-corrected chi connectivity index (χ1v) is 7.86. The van der Waals surface area contributed by atoms with Gasteiger partial charge in [-0.1, -0.05) is 37.0 Å². The van der Waals surface area contributed by atoms with Gasteiger partial charge in [0.15, 0.2) is 0 Å². The van der Waals surface area contributed by atoms with E-state index in [2.05, 4.69) is 10.6 Å². The monoisotopic (exact) mass is 362 g/mol. The van der Waals surface area contributed by atoms with Crippen LogP contribution < -0.4 is 10.6 Å². The smallest absolute Gasteiger partial charge is 0.411 e. The molecule has 1 unspecified atom stereocenters. The minimum atomic E-state index is -0.659. The molecule has 2 N–H and O–H groups in total. The van der Waals surface area contributed by atoms with Gasteiger partial charge in [-0.2, -0.15) is 0 Å². The third-order valence-corrected chi connectivity index (χ3v) is 3.29. The van der Waals surface area contributed by atoms with Crippen LogP contribution in [0.4, 0.5) is 15.3 Å². The normalized spacial score (nSPS) is 11.7. The number of benzene rings is 1. The Hall–Kier alpha value is -1.66. The molecule has 1 rings (SSSR count). The molecule has 0 fully saturated rings. The van der Waals surface area contributed by atoms with Gasteiger partial charge in [-0.15, -0.1) is 0 Å². The topological polar surface area (TPSA) is 76.7 Å². The summed E-state index contributed by atoms with van der Waals surface area (Å²) in [6.45, 7) is 6.00. The number of alkyl carbamates (subject to hydrolysis) is 1. The molecule has 0 aliphatic rings. The Morgan fingerprint density at radius 3 is 2.43 bits per heavy atom. The van der Waals surface area contributed by atoms with Crippen molar-refractivity contribution in [2.24, 2.45) is 5.92 Å². The predicted octanol–water partition coefficient (Wildman–Crippen LogP) is 4.31. The number of carbonyl (C=O) groups is 2. The number of ether oxygens (including phenoxy) is 2. The average Bonchev–Trinajstić information content (AvgIpc) is 2.46. The highest BCUT2D eigenvalue weighted by Gasteiger charge is 2.12. The highest BCUT2D eigenvalue weighted by molar-refractivity contribution is 6.42. The first kappa shape index (κ1) is 19.4. The predicted molar refractivity (Wildman–Crippen MR) is 90.2 cm³/mol. The summed E-state index contributed by atoms with van der Waals surface area (Å²) in [5.74, 6) is 0.256. The fourth-order valence-corrected chi connectivity index (χ4v) is 1.76. The van der Waals surface area contributed by atoms with Crippen LogP contribution >= 0.6 is 23.2 Å². The van der Waals surface area contributed by atoms with Gasteiger partial charge in [0.25, 0.3) is 0 Å². The fourth-order valence-electron chi connectivity index (χ4n) is 1.47. The second kappa shape index (κ2) is 9.47. The molecule has 0 aliphatic heterocycles.